The molecule has 11 heteroatoms. The topological polar surface area (TPSA) is 150 Å². The largest absolute Gasteiger partial charge is 0.389 e. The zero-order valence-electron chi connectivity index (χ0n) is 18.0. The van der Waals surface area contributed by atoms with Gasteiger partial charge < -0.3 is 25.5 Å². The van der Waals surface area contributed by atoms with E-state index in [1.165, 1.54) is 5.01 Å². The molecule has 1 amide bonds. The molecule has 1 aliphatic heterocycles. The van der Waals surface area contributed by atoms with Gasteiger partial charge in [-0.25, -0.2) is 10.8 Å². The van der Waals surface area contributed by atoms with E-state index in [-0.39, 0.29) is 30.9 Å². The first-order chi connectivity index (χ1) is 15.5. The van der Waals surface area contributed by atoms with Crippen molar-refractivity contribution in [3.63, 3.8) is 0 Å². The number of amides is 1. The minimum atomic E-state index is -0.540. The van der Waals surface area contributed by atoms with Crippen molar-refractivity contribution in [3.05, 3.63) is 59.8 Å². The number of hydrogen-bond donors (Lipinski definition) is 3. The molecule has 1 saturated heterocycles. The Hall–Kier alpha value is -3.54. The molecule has 1 aromatic heterocycles. The molecule has 5 N–H and O–H groups in total. The van der Waals surface area contributed by atoms with Crippen LogP contribution in [0, 0.1) is 0 Å². The maximum absolute atomic E-state index is 12.2. The molecule has 3 rings (SSSR count). The fourth-order valence-electron chi connectivity index (χ4n) is 2.96. The van der Waals surface area contributed by atoms with Gasteiger partial charge in [-0.15, -0.1) is 0 Å². The first-order valence-electron chi connectivity index (χ1n) is 10.0. The average Bonchev–Trinajstić information content (AvgIpc) is 3.18. The molecular formula is C21H27N7O4. The lowest BCUT2D eigenvalue weighted by atomic mass is 10.1. The SMILES string of the molecule is CC1COC(CC(=O)Nc2cccc(CO/N=C(\C(=N\N)N(C)N)c3ccccc3)n2)O1. The summed E-state index contributed by atoms with van der Waals surface area (Å²) in [5.74, 6) is 11.7. The summed E-state index contributed by atoms with van der Waals surface area (Å²) in [6.45, 7) is 2.42. The Bertz CT molecular complexity index is 966. The summed E-state index contributed by atoms with van der Waals surface area (Å²) < 4.78 is 10.9. The van der Waals surface area contributed by atoms with Gasteiger partial charge in [0.1, 0.15) is 5.82 Å². The zero-order valence-corrected chi connectivity index (χ0v) is 18.0. The predicted octanol–water partition coefficient (Wildman–Crippen LogP) is 1.17. The lowest BCUT2D eigenvalue weighted by Gasteiger charge is -2.16. The molecule has 0 radical (unpaired) electrons. The first-order valence-corrected chi connectivity index (χ1v) is 10.0. The molecule has 1 aromatic carbocycles. The number of nitrogens with two attached hydrogens (primary N) is 2. The maximum Gasteiger partial charge on any atom is 0.230 e. The molecule has 2 aromatic rings. The minimum Gasteiger partial charge on any atom is -0.389 e. The number of ether oxygens (including phenoxy) is 2. The van der Waals surface area contributed by atoms with Gasteiger partial charge in [0.15, 0.2) is 24.4 Å². The van der Waals surface area contributed by atoms with Crippen LogP contribution in [0.2, 0.25) is 0 Å². The summed E-state index contributed by atoms with van der Waals surface area (Å²) in [6.07, 6.45) is -0.469. The van der Waals surface area contributed by atoms with E-state index in [1.807, 2.05) is 37.3 Å². The molecule has 2 heterocycles. The van der Waals surface area contributed by atoms with Crippen molar-refractivity contribution in [2.45, 2.75) is 32.3 Å². The first kappa shape index (κ1) is 23.1. The number of benzene rings is 1. The van der Waals surface area contributed by atoms with E-state index in [4.69, 9.17) is 26.0 Å². The quantitative estimate of drug-likeness (QED) is 0.239. The van der Waals surface area contributed by atoms with Crippen LogP contribution < -0.4 is 17.0 Å². The van der Waals surface area contributed by atoms with E-state index >= 15 is 0 Å². The van der Waals surface area contributed by atoms with Crippen LogP contribution in [0.5, 0.6) is 0 Å². The van der Waals surface area contributed by atoms with Crippen LogP contribution in [0.1, 0.15) is 24.6 Å². The summed E-state index contributed by atoms with van der Waals surface area (Å²) >= 11 is 0. The number of carbonyl (C=O) groups excluding carboxylic acids is 1. The zero-order chi connectivity index (χ0) is 22.9. The third kappa shape index (κ3) is 6.48. The monoisotopic (exact) mass is 441 g/mol. The Morgan fingerprint density at radius 3 is 2.72 bits per heavy atom. The molecule has 170 valence electrons. The molecule has 1 aliphatic rings. The third-order valence-electron chi connectivity index (χ3n) is 4.41. The Morgan fingerprint density at radius 2 is 2.06 bits per heavy atom. The third-order valence-corrected chi connectivity index (χ3v) is 4.41. The normalized spacial score (nSPS) is 19.0. The Morgan fingerprint density at radius 1 is 1.28 bits per heavy atom. The second-order valence-corrected chi connectivity index (χ2v) is 7.12. The molecule has 0 bridgehead atoms. The number of rotatable bonds is 8. The molecule has 1 fully saturated rings. The lowest BCUT2D eigenvalue weighted by molar-refractivity contribution is -0.125. The summed E-state index contributed by atoms with van der Waals surface area (Å²) in [6, 6.07) is 14.5. The lowest BCUT2D eigenvalue weighted by Crippen LogP contribution is -2.40. The number of nitrogens with one attached hydrogen (secondary N) is 1. The van der Waals surface area contributed by atoms with Crippen molar-refractivity contribution < 1.29 is 19.1 Å². The standard InChI is InChI=1S/C21H27N7O4/c1-14-12-30-19(32-14)11-18(29)25-17-10-6-9-16(24-17)13-31-27-20(21(26-22)28(2)23)15-7-4-3-5-8-15/h3-10,14,19H,11-13,22-23H2,1-2H3,(H,24,25,29)/b26-21-,27-20-. The van der Waals surface area contributed by atoms with Gasteiger partial charge in [-0.05, 0) is 19.1 Å². The minimum absolute atomic E-state index is 0.0170. The van der Waals surface area contributed by atoms with Gasteiger partial charge in [-0.3, -0.25) is 9.80 Å². The van der Waals surface area contributed by atoms with E-state index in [0.29, 0.717) is 23.8 Å². The van der Waals surface area contributed by atoms with Gasteiger partial charge in [0.2, 0.25) is 5.91 Å². The molecule has 0 saturated carbocycles. The number of hydrogen-bond acceptors (Lipinski definition) is 9. The molecular weight excluding hydrogens is 414 g/mol. The number of carbonyl (C=O) groups is 1. The highest BCUT2D eigenvalue weighted by molar-refractivity contribution is 6.47. The molecule has 11 nitrogen and oxygen atoms in total. The number of hydrazone groups is 1. The molecule has 2 unspecified atom stereocenters. The van der Waals surface area contributed by atoms with E-state index in [9.17, 15) is 4.79 Å². The summed E-state index contributed by atoms with van der Waals surface area (Å²) in [5.41, 5.74) is 1.66. The summed E-state index contributed by atoms with van der Waals surface area (Å²) in [4.78, 5) is 22.1. The van der Waals surface area contributed by atoms with Gasteiger partial charge >= 0.3 is 0 Å². The number of hydrazine groups is 1. The highest BCUT2D eigenvalue weighted by Gasteiger charge is 2.25. The number of likely N-dealkylation sites (N-methyl/N-ethyl adjacent to an activating group) is 1. The van der Waals surface area contributed by atoms with Crippen LogP contribution in [0.4, 0.5) is 5.82 Å². The Labute approximate surface area is 186 Å². The Kier molecular flexibility index (Phi) is 8.08. The van der Waals surface area contributed by atoms with Crippen molar-refractivity contribution in [2.75, 3.05) is 19.0 Å². The van der Waals surface area contributed by atoms with E-state index in [1.54, 1.807) is 25.2 Å². The Balaban J connectivity index is 1.64. The van der Waals surface area contributed by atoms with Crippen molar-refractivity contribution in [1.29, 1.82) is 0 Å². The second kappa shape index (κ2) is 11.2. The fourth-order valence-corrected chi connectivity index (χ4v) is 2.96. The van der Waals surface area contributed by atoms with Gasteiger partial charge in [0.05, 0.1) is 24.8 Å². The fraction of sp³-hybridized carbons (Fsp3) is 0.333. The van der Waals surface area contributed by atoms with Crippen molar-refractivity contribution in [2.24, 2.45) is 21.9 Å². The van der Waals surface area contributed by atoms with Gasteiger partial charge in [-0.1, -0.05) is 41.6 Å². The second-order valence-electron chi connectivity index (χ2n) is 7.12. The number of pyridine rings is 1. The highest BCUT2D eigenvalue weighted by atomic mass is 16.7. The molecule has 32 heavy (non-hydrogen) atoms. The van der Waals surface area contributed by atoms with Crippen molar-refractivity contribution in [3.8, 4) is 0 Å². The van der Waals surface area contributed by atoms with E-state index in [2.05, 4.69) is 20.6 Å². The van der Waals surface area contributed by atoms with Crippen LogP contribution >= 0.6 is 0 Å². The molecule has 2 atom stereocenters. The number of aromatic nitrogens is 1. The average molecular weight is 441 g/mol. The maximum atomic E-state index is 12.2. The van der Waals surface area contributed by atoms with Crippen LogP contribution in [0.15, 0.2) is 58.8 Å². The number of oxime groups is 1. The number of amidine groups is 1. The van der Waals surface area contributed by atoms with Crippen molar-refractivity contribution >= 4 is 23.3 Å². The van der Waals surface area contributed by atoms with Crippen LogP contribution in [0.3, 0.4) is 0 Å². The van der Waals surface area contributed by atoms with Gasteiger partial charge in [0.25, 0.3) is 0 Å². The number of nitrogens with zero attached hydrogens (tertiary/aromatic N) is 4. The highest BCUT2D eigenvalue weighted by Crippen LogP contribution is 2.15. The van der Waals surface area contributed by atoms with E-state index in [0.717, 1.165) is 5.56 Å². The van der Waals surface area contributed by atoms with Crippen LogP contribution in [-0.2, 0) is 25.7 Å². The van der Waals surface area contributed by atoms with Crippen molar-refractivity contribution in [1.82, 2.24) is 9.99 Å². The summed E-state index contributed by atoms with van der Waals surface area (Å²) in [7, 11) is 1.60. The van der Waals surface area contributed by atoms with Crippen LogP contribution in [-0.4, -0.2) is 53.5 Å². The van der Waals surface area contributed by atoms with Gasteiger partial charge in [-0.2, -0.15) is 5.10 Å². The number of anilines is 1. The van der Waals surface area contributed by atoms with Gasteiger partial charge in [0, 0.05) is 12.6 Å². The van der Waals surface area contributed by atoms with E-state index < -0.39 is 6.29 Å². The summed E-state index contributed by atoms with van der Waals surface area (Å²) in [5, 5.41) is 11.9. The molecule has 0 aliphatic carbocycles. The van der Waals surface area contributed by atoms with Crippen LogP contribution in [0.25, 0.3) is 0 Å². The smallest absolute Gasteiger partial charge is 0.230 e. The molecule has 0 spiro atoms. The predicted molar refractivity (Wildman–Crippen MR) is 119 cm³/mol.